The molecule has 0 aliphatic carbocycles. The van der Waals surface area contributed by atoms with Crippen LogP contribution in [0.4, 0.5) is 4.39 Å². The van der Waals surface area contributed by atoms with Crippen molar-refractivity contribution in [2.24, 2.45) is 0 Å². The molecule has 0 saturated carbocycles. The smallest absolute Gasteiger partial charge is 0.335 e. The molecule has 0 radical (unpaired) electrons. The first-order valence-electron chi connectivity index (χ1n) is 15.0. The van der Waals surface area contributed by atoms with Crippen LogP contribution in [0.1, 0.15) is 88.9 Å². The Labute approximate surface area is 248 Å². The van der Waals surface area contributed by atoms with Crippen LogP contribution in [0.15, 0.2) is 60.7 Å². The molecule has 1 N–H and O–H groups in total. The van der Waals surface area contributed by atoms with E-state index in [0.29, 0.717) is 35.5 Å². The van der Waals surface area contributed by atoms with Crippen molar-refractivity contribution in [3.05, 3.63) is 72.0 Å². The molecular weight excluding hydrogens is 535 g/mol. The van der Waals surface area contributed by atoms with E-state index in [9.17, 15) is 14.7 Å². The first kappa shape index (κ1) is 32.6. The number of carboxylic acid groups (broad SMARTS) is 1. The van der Waals surface area contributed by atoms with Gasteiger partial charge in [0.2, 0.25) is 0 Å². The number of hydrogen-bond donors (Lipinski definition) is 1. The summed E-state index contributed by atoms with van der Waals surface area (Å²) in [6, 6.07) is 16.9. The summed E-state index contributed by atoms with van der Waals surface area (Å²) in [6.07, 6.45) is 8.49. The summed E-state index contributed by atoms with van der Waals surface area (Å²) in [4.78, 5) is 23.6. The molecule has 3 aromatic carbocycles. The summed E-state index contributed by atoms with van der Waals surface area (Å²) in [6.45, 7) is 6.67. The maximum absolute atomic E-state index is 15.0. The van der Waals surface area contributed by atoms with E-state index in [1.807, 2.05) is 19.1 Å². The molecule has 0 heterocycles. The number of carboxylic acids is 1. The Morgan fingerprint density at radius 2 is 1.48 bits per heavy atom. The van der Waals surface area contributed by atoms with E-state index in [2.05, 4.69) is 6.92 Å². The summed E-state index contributed by atoms with van der Waals surface area (Å²) in [5.41, 5.74) is 2.85. The second kappa shape index (κ2) is 17.2. The standard InChI is InChI=1S/C35H43FO6/c1-4-6-8-9-10-11-21-40-33-20-16-27(23-32(33)36)30-19-15-28(35(38)39)22-31(30)26-13-17-29(18-14-26)41-24-25(3)42-34(37)12-7-5-2/h13-20,22-23,25H,4-12,21,24H2,1-3H3,(H,38,39)/t25-/m0/s1. The molecule has 3 aromatic rings. The van der Waals surface area contributed by atoms with Crippen molar-refractivity contribution in [3.63, 3.8) is 0 Å². The van der Waals surface area contributed by atoms with Crippen molar-refractivity contribution in [2.75, 3.05) is 13.2 Å². The number of halogens is 1. The van der Waals surface area contributed by atoms with Crippen LogP contribution in [-0.2, 0) is 9.53 Å². The monoisotopic (exact) mass is 578 g/mol. The lowest BCUT2D eigenvalue weighted by atomic mass is 9.92. The Bertz CT molecular complexity index is 1290. The van der Waals surface area contributed by atoms with Gasteiger partial charge in [-0.05, 0) is 78.4 Å². The minimum Gasteiger partial charge on any atom is -0.491 e. The van der Waals surface area contributed by atoms with Crippen molar-refractivity contribution >= 4 is 11.9 Å². The summed E-state index contributed by atoms with van der Waals surface area (Å²) < 4.78 is 31.9. The predicted molar refractivity (Wildman–Crippen MR) is 164 cm³/mol. The fraction of sp³-hybridized carbons (Fsp3) is 0.429. The van der Waals surface area contributed by atoms with Crippen LogP contribution >= 0.6 is 0 Å². The minimum atomic E-state index is -1.05. The number of hydrogen-bond acceptors (Lipinski definition) is 5. The van der Waals surface area contributed by atoms with Gasteiger partial charge in [0, 0.05) is 6.42 Å². The molecule has 42 heavy (non-hydrogen) atoms. The second-order valence-electron chi connectivity index (χ2n) is 10.6. The Hall–Kier alpha value is -3.87. The quantitative estimate of drug-likeness (QED) is 0.120. The average molecular weight is 579 g/mol. The molecule has 0 spiro atoms. The van der Waals surface area contributed by atoms with Crippen LogP contribution in [0, 0.1) is 5.82 Å². The molecular formula is C35H43FO6. The van der Waals surface area contributed by atoms with Gasteiger partial charge in [-0.3, -0.25) is 4.79 Å². The van der Waals surface area contributed by atoms with Crippen molar-refractivity contribution in [1.82, 2.24) is 0 Å². The molecule has 3 rings (SSSR count). The molecule has 6 nitrogen and oxygen atoms in total. The molecule has 1 atom stereocenters. The van der Waals surface area contributed by atoms with E-state index in [-0.39, 0.29) is 30.0 Å². The van der Waals surface area contributed by atoms with Crippen LogP contribution in [0.5, 0.6) is 11.5 Å². The van der Waals surface area contributed by atoms with Crippen LogP contribution < -0.4 is 9.47 Å². The highest BCUT2D eigenvalue weighted by Crippen LogP contribution is 2.35. The Morgan fingerprint density at radius 3 is 2.17 bits per heavy atom. The van der Waals surface area contributed by atoms with E-state index in [4.69, 9.17) is 14.2 Å². The molecule has 0 bridgehead atoms. The molecule has 7 heteroatoms. The van der Waals surface area contributed by atoms with Gasteiger partial charge in [-0.15, -0.1) is 0 Å². The molecule has 0 fully saturated rings. The second-order valence-corrected chi connectivity index (χ2v) is 10.6. The molecule has 0 amide bonds. The van der Waals surface area contributed by atoms with E-state index < -0.39 is 11.8 Å². The fourth-order valence-corrected chi connectivity index (χ4v) is 4.60. The first-order chi connectivity index (χ1) is 20.3. The SMILES string of the molecule is CCCCCCCCOc1ccc(-c2ccc(C(=O)O)cc2-c2ccc(OC[C@H](C)OC(=O)CCCC)cc2)cc1F. The number of aromatic carboxylic acids is 1. The van der Waals surface area contributed by atoms with Crippen molar-refractivity contribution in [3.8, 4) is 33.8 Å². The predicted octanol–water partition coefficient (Wildman–Crippen LogP) is 9.10. The van der Waals surface area contributed by atoms with Gasteiger partial charge in [0.05, 0.1) is 12.2 Å². The summed E-state index contributed by atoms with van der Waals surface area (Å²) in [5, 5.41) is 9.61. The minimum absolute atomic E-state index is 0.132. The maximum Gasteiger partial charge on any atom is 0.335 e. The number of carbonyl (C=O) groups excluding carboxylic acids is 1. The largest absolute Gasteiger partial charge is 0.491 e. The molecule has 0 saturated heterocycles. The van der Waals surface area contributed by atoms with Crippen LogP contribution in [0.2, 0.25) is 0 Å². The lowest BCUT2D eigenvalue weighted by Crippen LogP contribution is -2.21. The average Bonchev–Trinajstić information content (AvgIpc) is 2.99. The van der Waals surface area contributed by atoms with Crippen molar-refractivity contribution in [2.45, 2.75) is 84.7 Å². The summed E-state index contributed by atoms with van der Waals surface area (Å²) in [5.74, 6) is -0.940. The number of benzene rings is 3. The number of rotatable bonds is 18. The number of unbranched alkanes of at least 4 members (excludes halogenated alkanes) is 6. The third-order valence-corrected chi connectivity index (χ3v) is 6.98. The number of carbonyl (C=O) groups is 2. The summed E-state index contributed by atoms with van der Waals surface area (Å²) >= 11 is 0. The first-order valence-corrected chi connectivity index (χ1v) is 15.0. The van der Waals surface area contributed by atoms with Crippen LogP contribution in [0.3, 0.4) is 0 Å². The highest BCUT2D eigenvalue weighted by atomic mass is 19.1. The van der Waals surface area contributed by atoms with E-state index in [1.165, 1.54) is 31.4 Å². The molecule has 0 aliphatic rings. The van der Waals surface area contributed by atoms with Gasteiger partial charge in [-0.1, -0.05) is 76.6 Å². The zero-order valence-electron chi connectivity index (χ0n) is 25.0. The number of esters is 1. The lowest BCUT2D eigenvalue weighted by molar-refractivity contribution is -0.149. The van der Waals surface area contributed by atoms with Crippen molar-refractivity contribution < 1.29 is 33.3 Å². The Morgan fingerprint density at radius 1 is 0.786 bits per heavy atom. The lowest BCUT2D eigenvalue weighted by Gasteiger charge is -2.16. The highest BCUT2D eigenvalue weighted by Gasteiger charge is 2.15. The topological polar surface area (TPSA) is 82.1 Å². The highest BCUT2D eigenvalue weighted by molar-refractivity contribution is 5.93. The normalized spacial score (nSPS) is 11.6. The van der Waals surface area contributed by atoms with Gasteiger partial charge in [0.1, 0.15) is 18.5 Å². The molecule has 0 unspecified atom stereocenters. The third kappa shape index (κ3) is 10.2. The van der Waals surface area contributed by atoms with E-state index in [1.54, 1.807) is 43.3 Å². The van der Waals surface area contributed by atoms with Gasteiger partial charge in [-0.25, -0.2) is 9.18 Å². The van der Waals surface area contributed by atoms with E-state index in [0.717, 1.165) is 37.7 Å². The third-order valence-electron chi connectivity index (χ3n) is 6.98. The van der Waals surface area contributed by atoms with Gasteiger partial charge >= 0.3 is 11.9 Å². The van der Waals surface area contributed by atoms with Gasteiger partial charge in [0.25, 0.3) is 0 Å². The Kier molecular flexibility index (Phi) is 13.3. The molecule has 0 aliphatic heterocycles. The zero-order valence-corrected chi connectivity index (χ0v) is 25.0. The Balaban J connectivity index is 1.71. The fourth-order valence-electron chi connectivity index (χ4n) is 4.60. The maximum atomic E-state index is 15.0. The van der Waals surface area contributed by atoms with Crippen LogP contribution in [0.25, 0.3) is 22.3 Å². The van der Waals surface area contributed by atoms with Gasteiger partial charge in [-0.2, -0.15) is 0 Å². The van der Waals surface area contributed by atoms with E-state index >= 15 is 4.39 Å². The summed E-state index contributed by atoms with van der Waals surface area (Å²) in [7, 11) is 0. The van der Waals surface area contributed by atoms with Gasteiger partial charge < -0.3 is 19.3 Å². The zero-order chi connectivity index (χ0) is 30.3. The van der Waals surface area contributed by atoms with Crippen LogP contribution in [-0.4, -0.2) is 36.4 Å². The van der Waals surface area contributed by atoms with Crippen molar-refractivity contribution in [1.29, 1.82) is 0 Å². The van der Waals surface area contributed by atoms with Gasteiger partial charge in [0.15, 0.2) is 11.6 Å². The molecule has 0 aromatic heterocycles. The number of ether oxygens (including phenoxy) is 3. The molecule has 226 valence electrons.